The number of para-hydroxylation sites is 2. The van der Waals surface area contributed by atoms with E-state index in [4.69, 9.17) is 16.3 Å². The van der Waals surface area contributed by atoms with Crippen molar-refractivity contribution in [2.24, 2.45) is 0 Å². The first-order valence-corrected chi connectivity index (χ1v) is 10.1. The lowest BCUT2D eigenvalue weighted by Gasteiger charge is -2.15. The minimum absolute atomic E-state index is 0.170. The Morgan fingerprint density at radius 2 is 1.67 bits per heavy atom. The summed E-state index contributed by atoms with van der Waals surface area (Å²) in [5, 5.41) is 5.96. The van der Waals surface area contributed by atoms with Crippen LogP contribution in [0.3, 0.4) is 0 Å². The molecule has 0 spiro atoms. The summed E-state index contributed by atoms with van der Waals surface area (Å²) in [4.78, 5) is 25.4. The van der Waals surface area contributed by atoms with E-state index < -0.39 is 0 Å². The number of hydrogen-bond acceptors (Lipinski definition) is 3. The average molecular weight is 423 g/mol. The van der Waals surface area contributed by atoms with E-state index >= 15 is 0 Å². The molecule has 0 unspecified atom stereocenters. The average Bonchev–Trinajstić information content (AvgIpc) is 2.76. The summed E-state index contributed by atoms with van der Waals surface area (Å²) in [5.74, 6) is -0.321. The van der Waals surface area contributed by atoms with Gasteiger partial charge in [-0.3, -0.25) is 9.59 Å². The first-order chi connectivity index (χ1) is 14.5. The van der Waals surface area contributed by atoms with Gasteiger partial charge in [0, 0.05) is 5.69 Å². The second kappa shape index (κ2) is 9.94. The quantitative estimate of drug-likeness (QED) is 0.510. The smallest absolute Gasteiger partial charge is 0.257 e. The van der Waals surface area contributed by atoms with E-state index in [-0.39, 0.29) is 28.3 Å². The largest absolute Gasteiger partial charge is 0.492 e. The SMILES string of the molecule is CCOc1ccccc1NC(=O)c1cc(NC(=O)[C@@H](C)c2ccccc2)ccc1Cl. The zero-order chi connectivity index (χ0) is 21.5. The zero-order valence-corrected chi connectivity index (χ0v) is 17.6. The van der Waals surface area contributed by atoms with Crippen LogP contribution in [0.1, 0.15) is 35.7 Å². The van der Waals surface area contributed by atoms with Crippen molar-refractivity contribution in [3.63, 3.8) is 0 Å². The summed E-state index contributed by atoms with van der Waals surface area (Å²) < 4.78 is 5.54. The van der Waals surface area contributed by atoms with Gasteiger partial charge >= 0.3 is 0 Å². The Kier molecular flexibility index (Phi) is 7.09. The Bertz CT molecular complexity index is 1040. The van der Waals surface area contributed by atoms with Crippen LogP contribution in [0, 0.1) is 0 Å². The molecule has 0 heterocycles. The maximum absolute atomic E-state index is 12.8. The molecule has 0 fully saturated rings. The van der Waals surface area contributed by atoms with E-state index in [2.05, 4.69) is 10.6 Å². The molecule has 2 N–H and O–H groups in total. The molecule has 6 heteroatoms. The number of anilines is 2. The highest BCUT2D eigenvalue weighted by Gasteiger charge is 2.18. The van der Waals surface area contributed by atoms with Crippen LogP contribution in [-0.2, 0) is 4.79 Å². The molecule has 30 heavy (non-hydrogen) atoms. The van der Waals surface area contributed by atoms with E-state index in [0.717, 1.165) is 5.56 Å². The molecule has 0 radical (unpaired) electrons. The van der Waals surface area contributed by atoms with Crippen LogP contribution in [-0.4, -0.2) is 18.4 Å². The molecule has 0 aliphatic heterocycles. The number of amides is 2. The summed E-state index contributed by atoms with van der Waals surface area (Å²) in [5.41, 5.74) is 2.21. The fourth-order valence-electron chi connectivity index (χ4n) is 2.96. The van der Waals surface area contributed by atoms with E-state index in [9.17, 15) is 9.59 Å². The maximum atomic E-state index is 12.8. The third-order valence-electron chi connectivity index (χ3n) is 4.61. The highest BCUT2D eigenvalue weighted by atomic mass is 35.5. The molecule has 2 amide bonds. The number of benzene rings is 3. The molecule has 3 rings (SSSR count). The molecule has 0 bridgehead atoms. The van der Waals surface area contributed by atoms with Crippen LogP contribution in [0.15, 0.2) is 72.8 Å². The van der Waals surface area contributed by atoms with Gasteiger partial charge < -0.3 is 15.4 Å². The lowest BCUT2D eigenvalue weighted by atomic mass is 10.0. The van der Waals surface area contributed by atoms with Gasteiger partial charge in [-0.25, -0.2) is 0 Å². The predicted molar refractivity (Wildman–Crippen MR) is 121 cm³/mol. The van der Waals surface area contributed by atoms with Crippen molar-refractivity contribution in [1.29, 1.82) is 0 Å². The molecule has 0 aliphatic carbocycles. The van der Waals surface area contributed by atoms with Crippen LogP contribution in [0.25, 0.3) is 0 Å². The summed E-state index contributed by atoms with van der Waals surface area (Å²) in [6.07, 6.45) is 0. The third-order valence-corrected chi connectivity index (χ3v) is 4.94. The predicted octanol–water partition coefficient (Wildman–Crippen LogP) is 5.73. The molecule has 3 aromatic rings. The minimum atomic E-state index is -0.389. The Morgan fingerprint density at radius 3 is 2.40 bits per heavy atom. The number of nitrogens with one attached hydrogen (secondary N) is 2. The van der Waals surface area contributed by atoms with Crippen LogP contribution in [0.5, 0.6) is 5.75 Å². The number of carbonyl (C=O) groups excluding carboxylic acids is 2. The van der Waals surface area contributed by atoms with Gasteiger partial charge in [-0.1, -0.05) is 54.1 Å². The topological polar surface area (TPSA) is 67.4 Å². The normalized spacial score (nSPS) is 11.4. The molecule has 5 nitrogen and oxygen atoms in total. The zero-order valence-electron chi connectivity index (χ0n) is 16.8. The number of halogens is 1. The molecule has 0 saturated carbocycles. The Hall–Kier alpha value is -3.31. The minimum Gasteiger partial charge on any atom is -0.492 e. The maximum Gasteiger partial charge on any atom is 0.257 e. The summed E-state index contributed by atoms with van der Waals surface area (Å²) in [7, 11) is 0. The number of hydrogen-bond donors (Lipinski definition) is 2. The Morgan fingerprint density at radius 1 is 0.967 bits per heavy atom. The highest BCUT2D eigenvalue weighted by Crippen LogP contribution is 2.27. The molecule has 1 atom stereocenters. The summed E-state index contributed by atoms with van der Waals surface area (Å²) in [6.45, 7) is 4.19. The summed E-state index contributed by atoms with van der Waals surface area (Å²) in [6, 6.07) is 21.5. The molecular weight excluding hydrogens is 400 g/mol. The van der Waals surface area contributed by atoms with Crippen LogP contribution < -0.4 is 15.4 Å². The van der Waals surface area contributed by atoms with Crippen molar-refractivity contribution in [2.45, 2.75) is 19.8 Å². The second-order valence-corrected chi connectivity index (χ2v) is 7.11. The summed E-state index contributed by atoms with van der Waals surface area (Å²) >= 11 is 6.25. The molecular formula is C24H23ClN2O3. The van der Waals surface area contributed by atoms with E-state index in [0.29, 0.717) is 23.7 Å². The van der Waals surface area contributed by atoms with Crippen LogP contribution in [0.2, 0.25) is 5.02 Å². The van der Waals surface area contributed by atoms with E-state index in [1.807, 2.05) is 50.2 Å². The first-order valence-electron chi connectivity index (χ1n) is 9.68. The molecule has 3 aromatic carbocycles. The Balaban J connectivity index is 1.76. The van der Waals surface area contributed by atoms with Crippen molar-refractivity contribution in [1.82, 2.24) is 0 Å². The van der Waals surface area contributed by atoms with Gasteiger partial charge in [0.1, 0.15) is 5.75 Å². The molecule has 154 valence electrons. The number of carbonyl (C=O) groups is 2. The third kappa shape index (κ3) is 5.19. The molecule has 0 aromatic heterocycles. The van der Waals surface area contributed by atoms with Gasteiger partial charge in [0.25, 0.3) is 5.91 Å². The van der Waals surface area contributed by atoms with Gasteiger partial charge in [-0.15, -0.1) is 0 Å². The number of ether oxygens (including phenoxy) is 1. The van der Waals surface area contributed by atoms with Crippen molar-refractivity contribution in [3.8, 4) is 5.75 Å². The molecule has 0 aliphatic rings. The van der Waals surface area contributed by atoms with Crippen molar-refractivity contribution >= 4 is 34.8 Å². The lowest BCUT2D eigenvalue weighted by molar-refractivity contribution is -0.117. The van der Waals surface area contributed by atoms with Crippen LogP contribution >= 0.6 is 11.6 Å². The van der Waals surface area contributed by atoms with Crippen molar-refractivity contribution < 1.29 is 14.3 Å². The van der Waals surface area contributed by atoms with Crippen molar-refractivity contribution in [3.05, 3.63) is 88.9 Å². The van der Waals surface area contributed by atoms with Crippen LogP contribution in [0.4, 0.5) is 11.4 Å². The monoisotopic (exact) mass is 422 g/mol. The van der Waals surface area contributed by atoms with Gasteiger partial charge in [-0.2, -0.15) is 0 Å². The van der Waals surface area contributed by atoms with Gasteiger partial charge in [0.05, 0.1) is 28.8 Å². The standard InChI is InChI=1S/C24H23ClN2O3/c1-3-30-22-12-8-7-11-21(22)27-24(29)19-15-18(13-14-20(19)25)26-23(28)16(2)17-9-5-4-6-10-17/h4-16H,3H2,1-2H3,(H,26,28)(H,27,29)/t16-/m0/s1. The van der Waals surface area contributed by atoms with Gasteiger partial charge in [-0.05, 0) is 49.7 Å². The highest BCUT2D eigenvalue weighted by molar-refractivity contribution is 6.34. The Labute approximate surface area is 181 Å². The van der Waals surface area contributed by atoms with E-state index in [1.54, 1.807) is 36.4 Å². The first kappa shape index (κ1) is 21.4. The second-order valence-electron chi connectivity index (χ2n) is 6.70. The number of rotatable bonds is 7. The van der Waals surface area contributed by atoms with Gasteiger partial charge in [0.15, 0.2) is 0 Å². The fraction of sp³-hybridized carbons (Fsp3) is 0.167. The van der Waals surface area contributed by atoms with Gasteiger partial charge in [0.2, 0.25) is 5.91 Å². The fourth-order valence-corrected chi connectivity index (χ4v) is 3.16. The van der Waals surface area contributed by atoms with E-state index in [1.165, 1.54) is 0 Å². The lowest BCUT2D eigenvalue weighted by Crippen LogP contribution is -2.19. The molecule has 0 saturated heterocycles. The van der Waals surface area contributed by atoms with Crippen molar-refractivity contribution in [2.75, 3.05) is 17.2 Å².